The summed E-state index contributed by atoms with van der Waals surface area (Å²) in [6.07, 6.45) is 0. The zero-order valence-electron chi connectivity index (χ0n) is 10.1. The Morgan fingerprint density at radius 1 is 1.53 bits per heavy atom. The smallest absolute Gasteiger partial charge is 0.279 e. The minimum absolute atomic E-state index is 0.0540. The Hall–Kier alpha value is -1.66. The number of anilines is 1. The quantitative estimate of drug-likeness (QED) is 0.697. The first-order chi connectivity index (χ1) is 9.04. The summed E-state index contributed by atoms with van der Waals surface area (Å²) < 4.78 is 13.4. The summed E-state index contributed by atoms with van der Waals surface area (Å²) in [5, 5.41) is 5.49. The number of halogens is 2. The monoisotopic (exact) mass is 286 g/mol. The van der Waals surface area contributed by atoms with Gasteiger partial charge in [0.1, 0.15) is 5.82 Å². The lowest BCUT2D eigenvalue weighted by atomic mass is 10.3. The minimum atomic E-state index is -0.538. The number of amides is 2. The first kappa shape index (κ1) is 13.8. The predicted octanol–water partition coefficient (Wildman–Crippen LogP) is -0.568. The van der Waals surface area contributed by atoms with Crippen LogP contribution in [0, 0.1) is 5.82 Å². The molecule has 1 atom stereocenters. The zero-order valence-corrected chi connectivity index (χ0v) is 10.9. The van der Waals surface area contributed by atoms with Gasteiger partial charge in [-0.3, -0.25) is 9.59 Å². The molecule has 1 aromatic carbocycles. The largest absolute Gasteiger partial charge is 0.346 e. The van der Waals surface area contributed by atoms with E-state index in [1.165, 1.54) is 18.2 Å². The lowest BCUT2D eigenvalue weighted by Crippen LogP contribution is -3.16. The first-order valence-corrected chi connectivity index (χ1v) is 6.27. The number of rotatable bonds is 3. The van der Waals surface area contributed by atoms with E-state index in [4.69, 9.17) is 11.6 Å². The van der Waals surface area contributed by atoms with E-state index in [-0.39, 0.29) is 30.6 Å². The van der Waals surface area contributed by atoms with Crippen molar-refractivity contribution in [3.8, 4) is 0 Å². The number of nitrogens with one attached hydrogen (secondary N) is 3. The van der Waals surface area contributed by atoms with Crippen molar-refractivity contribution in [2.24, 2.45) is 0 Å². The van der Waals surface area contributed by atoms with Crippen LogP contribution in [-0.4, -0.2) is 38.0 Å². The van der Waals surface area contributed by atoms with Crippen molar-refractivity contribution in [3.63, 3.8) is 0 Å². The molecular weight excluding hydrogens is 273 g/mol. The van der Waals surface area contributed by atoms with E-state index in [1.54, 1.807) is 0 Å². The molecule has 7 heteroatoms. The maximum absolute atomic E-state index is 13.4. The Morgan fingerprint density at radius 2 is 2.32 bits per heavy atom. The highest BCUT2D eigenvalue weighted by Gasteiger charge is 2.22. The topological polar surface area (TPSA) is 62.6 Å². The molecule has 0 bridgehead atoms. The molecule has 0 spiro atoms. The van der Waals surface area contributed by atoms with Crippen molar-refractivity contribution in [2.75, 3.05) is 31.5 Å². The Balaban J connectivity index is 1.93. The van der Waals surface area contributed by atoms with Crippen molar-refractivity contribution < 1.29 is 18.9 Å². The van der Waals surface area contributed by atoms with Crippen LogP contribution in [0.3, 0.4) is 0 Å². The maximum atomic E-state index is 13.4. The van der Waals surface area contributed by atoms with Gasteiger partial charge in [0.25, 0.3) is 11.8 Å². The molecule has 0 aliphatic carbocycles. The predicted molar refractivity (Wildman–Crippen MR) is 68.6 cm³/mol. The van der Waals surface area contributed by atoms with Gasteiger partial charge in [-0.2, -0.15) is 0 Å². The third-order valence-corrected chi connectivity index (χ3v) is 3.06. The third kappa shape index (κ3) is 3.90. The van der Waals surface area contributed by atoms with Crippen molar-refractivity contribution in [1.29, 1.82) is 0 Å². The molecule has 2 amide bonds. The van der Waals surface area contributed by atoms with Gasteiger partial charge in [0.15, 0.2) is 13.1 Å². The van der Waals surface area contributed by atoms with E-state index in [0.29, 0.717) is 18.1 Å². The van der Waals surface area contributed by atoms with Gasteiger partial charge < -0.3 is 15.5 Å². The molecule has 3 N–H and O–H groups in total. The molecule has 1 aliphatic rings. The molecule has 1 heterocycles. The Morgan fingerprint density at radius 3 is 3.05 bits per heavy atom. The average Bonchev–Trinajstić information content (AvgIpc) is 2.34. The summed E-state index contributed by atoms with van der Waals surface area (Å²) in [5.41, 5.74) is 0.0540. The SMILES string of the molecule is O=C1C[NH+](CC(=O)Nc2cc(Cl)ccc2F)CCN1. The lowest BCUT2D eigenvalue weighted by Gasteiger charge is -2.22. The number of carbonyl (C=O) groups excluding carboxylic acids is 2. The van der Waals surface area contributed by atoms with Crippen molar-refractivity contribution >= 4 is 29.1 Å². The minimum Gasteiger partial charge on any atom is -0.346 e. The molecule has 1 saturated heterocycles. The van der Waals surface area contributed by atoms with Crippen LogP contribution >= 0.6 is 11.6 Å². The summed E-state index contributed by atoms with van der Waals surface area (Å²) >= 11 is 5.74. The van der Waals surface area contributed by atoms with Crippen LogP contribution in [-0.2, 0) is 9.59 Å². The fourth-order valence-electron chi connectivity index (χ4n) is 1.92. The van der Waals surface area contributed by atoms with Gasteiger partial charge in [0, 0.05) is 5.02 Å². The van der Waals surface area contributed by atoms with Gasteiger partial charge >= 0.3 is 0 Å². The Labute approximate surface area is 114 Å². The van der Waals surface area contributed by atoms with E-state index in [2.05, 4.69) is 10.6 Å². The molecular formula is C12H14ClFN3O2+. The van der Waals surface area contributed by atoms with E-state index < -0.39 is 5.82 Å². The number of quaternary nitrogens is 1. The van der Waals surface area contributed by atoms with Crippen molar-refractivity contribution in [1.82, 2.24) is 5.32 Å². The van der Waals surface area contributed by atoms with Gasteiger partial charge in [-0.1, -0.05) is 11.6 Å². The molecule has 19 heavy (non-hydrogen) atoms. The van der Waals surface area contributed by atoms with Gasteiger partial charge in [0.2, 0.25) is 0 Å². The van der Waals surface area contributed by atoms with E-state index in [0.717, 1.165) is 4.90 Å². The highest BCUT2D eigenvalue weighted by atomic mass is 35.5. The molecule has 2 rings (SSSR count). The van der Waals surface area contributed by atoms with Crippen molar-refractivity contribution in [3.05, 3.63) is 29.0 Å². The number of piperazine rings is 1. The summed E-state index contributed by atoms with van der Waals surface area (Å²) in [6, 6.07) is 3.96. The average molecular weight is 287 g/mol. The van der Waals surface area contributed by atoms with Gasteiger partial charge in [-0.05, 0) is 18.2 Å². The number of carbonyl (C=O) groups is 2. The fraction of sp³-hybridized carbons (Fsp3) is 0.333. The van der Waals surface area contributed by atoms with Crippen LogP contribution in [0.15, 0.2) is 18.2 Å². The van der Waals surface area contributed by atoms with Crippen LogP contribution in [0.1, 0.15) is 0 Å². The number of hydrogen-bond acceptors (Lipinski definition) is 2. The lowest BCUT2D eigenvalue weighted by molar-refractivity contribution is -0.885. The second kappa shape index (κ2) is 5.99. The molecule has 1 fully saturated rings. The Kier molecular flexibility index (Phi) is 4.34. The van der Waals surface area contributed by atoms with Crippen LogP contribution in [0.5, 0.6) is 0 Å². The van der Waals surface area contributed by atoms with Crippen LogP contribution in [0.2, 0.25) is 5.02 Å². The summed E-state index contributed by atoms with van der Waals surface area (Å²) in [5.74, 6) is -0.960. The first-order valence-electron chi connectivity index (χ1n) is 5.90. The standard InChI is InChI=1S/C12H13ClFN3O2/c13-8-1-2-9(14)10(5-8)16-12(19)7-17-4-3-15-11(18)6-17/h1-2,5H,3-4,6-7H2,(H,15,18)(H,16,19)/p+1. The highest BCUT2D eigenvalue weighted by molar-refractivity contribution is 6.30. The summed E-state index contributed by atoms with van der Waals surface area (Å²) in [7, 11) is 0. The summed E-state index contributed by atoms with van der Waals surface area (Å²) in [4.78, 5) is 23.8. The Bertz CT molecular complexity index is 510. The molecule has 0 radical (unpaired) electrons. The van der Waals surface area contributed by atoms with Crippen molar-refractivity contribution in [2.45, 2.75) is 0 Å². The fourth-order valence-corrected chi connectivity index (χ4v) is 2.09. The number of benzene rings is 1. The number of hydrogen-bond donors (Lipinski definition) is 3. The highest BCUT2D eigenvalue weighted by Crippen LogP contribution is 2.19. The molecule has 102 valence electrons. The molecule has 5 nitrogen and oxygen atoms in total. The molecule has 1 aromatic rings. The van der Waals surface area contributed by atoms with Gasteiger partial charge in [-0.25, -0.2) is 4.39 Å². The second-order valence-electron chi connectivity index (χ2n) is 4.38. The molecule has 0 aromatic heterocycles. The van der Waals surface area contributed by atoms with Crippen LogP contribution in [0.4, 0.5) is 10.1 Å². The van der Waals surface area contributed by atoms with Crippen LogP contribution in [0.25, 0.3) is 0 Å². The van der Waals surface area contributed by atoms with E-state index in [9.17, 15) is 14.0 Å². The molecule has 0 saturated carbocycles. The van der Waals surface area contributed by atoms with E-state index >= 15 is 0 Å². The molecule has 1 unspecified atom stereocenters. The maximum Gasteiger partial charge on any atom is 0.279 e. The second-order valence-corrected chi connectivity index (χ2v) is 4.81. The van der Waals surface area contributed by atoms with E-state index in [1.807, 2.05) is 0 Å². The normalized spacial score (nSPS) is 18.8. The molecule has 1 aliphatic heterocycles. The zero-order chi connectivity index (χ0) is 13.8. The summed E-state index contributed by atoms with van der Waals surface area (Å²) in [6.45, 7) is 1.61. The van der Waals surface area contributed by atoms with Gasteiger partial charge in [0.05, 0.1) is 18.8 Å². The third-order valence-electron chi connectivity index (χ3n) is 2.82. The van der Waals surface area contributed by atoms with Crippen LogP contribution < -0.4 is 15.5 Å². The van der Waals surface area contributed by atoms with Gasteiger partial charge in [-0.15, -0.1) is 0 Å².